The number of carbonyl (C=O) groups excluding carboxylic acids is 1. The number of azo groups is 3. The number of carbonyl (C=O) groups is 1. The third-order valence-corrected chi connectivity index (χ3v) is 18.3. The average molecular weight is 1310 g/mol. The normalized spacial score (nSPS) is 12.9. The molecular formula is C47H43N11O20S7. The number of nitrogens with one attached hydrogen (secondary N) is 1. The van der Waals surface area contributed by atoms with E-state index in [1.165, 1.54) is 44.4 Å². The number of ether oxygens (including phenoxy) is 3. The van der Waals surface area contributed by atoms with Gasteiger partial charge in [0.25, 0.3) is 50.6 Å². The first-order valence-electron chi connectivity index (χ1n) is 23.7. The lowest BCUT2D eigenvalue weighted by atomic mass is 10.1. The number of benzene rings is 5. The molecule has 0 aliphatic heterocycles. The third-order valence-electron chi connectivity index (χ3n) is 12.0. The first-order chi connectivity index (χ1) is 39.7. The van der Waals surface area contributed by atoms with Crippen LogP contribution in [-0.4, -0.2) is 128 Å². The Morgan fingerprint density at radius 3 is 1.98 bits per heavy atom. The van der Waals surface area contributed by atoms with Gasteiger partial charge in [-0.3, -0.25) is 32.0 Å². The van der Waals surface area contributed by atoms with E-state index in [0.717, 1.165) is 54.5 Å². The number of aromatic hydroxyl groups is 1. The maximum absolute atomic E-state index is 12.7. The van der Waals surface area contributed by atoms with Crippen molar-refractivity contribution >= 4 is 157 Å². The Bertz CT molecular complexity index is 4850. The molecule has 0 aliphatic rings. The highest BCUT2D eigenvalue weighted by molar-refractivity contribution is 7.99. The molecule has 448 valence electrons. The number of hydrogen-bond donors (Lipinski definition) is 7. The minimum Gasteiger partial charge on any atom is -0.497 e. The van der Waals surface area contributed by atoms with E-state index in [1.807, 2.05) is 6.07 Å². The molecule has 0 spiro atoms. The third kappa shape index (κ3) is 14.3. The SMILES string of the molecule is COc1cc(S(=O)(=O)O)c2nc3c(C#N)c(C)c(N=Nc4cc(C)c(N=Nc5cc(NC(C)=O)c(N=Nc6nc7c(S(=O)(=O)O)cc8c(OC)cc(S(=O)(=O)O)cc8c7s6)cc5SCCCS(=O)(=O)O)cc4OCCCS(=O)(=O)O)c(O)n3c2c1. The van der Waals surface area contributed by atoms with Crippen molar-refractivity contribution in [1.82, 2.24) is 14.4 Å². The number of methoxy groups -OCH3 is 2. The molecule has 38 heteroatoms. The standard InChI is InChI=1S/C47H43N11O20S7/c1-22-12-33(54-56-41-23(2)29(21-48)45-50-42-35(58(45)46(41)60)13-25(76-4)14-39(42)84(70,71)72)37(78-8-6-10-81(61,62)63)19-30(22)52-55-34-18-31(49-24(3)59)32(20-38(34)79-9-7-11-82(64,65)66)53-57-47-51-43-40(85(73,74)75)17-27-28(44(43)80-47)15-26(83(67,68)69)16-36(27)77-5/h12-20,60H,6-11H2,1-5H3,(H,49,59)(H,61,62,63)(H,64,65,66)(H,67,68,69)(H,70,71,72)(H,73,74,75). The zero-order valence-corrected chi connectivity index (χ0v) is 49.9. The summed E-state index contributed by atoms with van der Waals surface area (Å²) < 4.78 is 188. The predicted octanol–water partition coefficient (Wildman–Crippen LogP) is 9.43. The molecule has 8 rings (SSSR count). The molecule has 0 saturated heterocycles. The van der Waals surface area contributed by atoms with Crippen molar-refractivity contribution in [3.63, 3.8) is 0 Å². The van der Waals surface area contributed by atoms with E-state index in [4.69, 9.17) is 14.2 Å². The number of imidazole rings is 1. The molecule has 0 unspecified atom stereocenters. The molecule has 0 atom stereocenters. The van der Waals surface area contributed by atoms with Crippen LogP contribution < -0.4 is 19.5 Å². The van der Waals surface area contributed by atoms with Gasteiger partial charge in [0.1, 0.15) is 66.8 Å². The smallest absolute Gasteiger partial charge is 0.296 e. The summed E-state index contributed by atoms with van der Waals surface area (Å²) in [7, 11) is -21.3. The number of nitriles is 1. The number of amides is 1. The van der Waals surface area contributed by atoms with Crippen LogP contribution in [0.2, 0.25) is 0 Å². The molecule has 3 aromatic heterocycles. The largest absolute Gasteiger partial charge is 0.497 e. The quantitative estimate of drug-likeness (QED) is 0.0144. The Kier molecular flexibility index (Phi) is 18.0. The summed E-state index contributed by atoms with van der Waals surface area (Å²) >= 11 is 1.68. The number of nitrogens with zero attached hydrogens (tertiary/aromatic N) is 10. The number of anilines is 1. The molecule has 0 saturated carbocycles. The van der Waals surface area contributed by atoms with E-state index < -0.39 is 88.6 Å². The van der Waals surface area contributed by atoms with Crippen LogP contribution >= 0.6 is 23.1 Å². The summed E-state index contributed by atoms with van der Waals surface area (Å²) in [5.41, 5.74) is -1.40. The zero-order valence-electron chi connectivity index (χ0n) is 44.2. The molecule has 0 bridgehead atoms. The molecule has 5 aromatic carbocycles. The summed E-state index contributed by atoms with van der Waals surface area (Å²) in [4.78, 5) is 19.4. The Balaban J connectivity index is 1.24. The van der Waals surface area contributed by atoms with E-state index in [2.05, 4.69) is 46.0 Å². The lowest BCUT2D eigenvalue weighted by molar-refractivity contribution is -0.114. The van der Waals surface area contributed by atoms with Crippen molar-refractivity contribution in [2.24, 2.45) is 30.7 Å². The van der Waals surface area contributed by atoms with Gasteiger partial charge in [0.05, 0.1) is 58.8 Å². The highest BCUT2D eigenvalue weighted by Gasteiger charge is 2.28. The molecule has 31 nitrogen and oxygen atoms in total. The summed E-state index contributed by atoms with van der Waals surface area (Å²) in [6.07, 6.45) is -0.337. The van der Waals surface area contributed by atoms with Crippen LogP contribution in [0.15, 0.2) is 105 Å². The van der Waals surface area contributed by atoms with Gasteiger partial charge in [-0.25, -0.2) is 9.97 Å². The highest BCUT2D eigenvalue weighted by atomic mass is 32.2. The lowest BCUT2D eigenvalue weighted by Gasteiger charge is -2.13. The van der Waals surface area contributed by atoms with Gasteiger partial charge >= 0.3 is 0 Å². The van der Waals surface area contributed by atoms with Gasteiger partial charge in [0.15, 0.2) is 11.3 Å². The Morgan fingerprint density at radius 1 is 0.706 bits per heavy atom. The molecule has 0 radical (unpaired) electrons. The molecule has 7 N–H and O–H groups in total. The lowest BCUT2D eigenvalue weighted by Crippen LogP contribution is -2.08. The van der Waals surface area contributed by atoms with Gasteiger partial charge in [-0.1, -0.05) is 11.3 Å². The van der Waals surface area contributed by atoms with Crippen LogP contribution in [0.5, 0.6) is 23.1 Å². The van der Waals surface area contributed by atoms with E-state index in [1.54, 1.807) is 6.92 Å². The predicted molar refractivity (Wildman–Crippen MR) is 306 cm³/mol. The van der Waals surface area contributed by atoms with Crippen molar-refractivity contribution in [1.29, 1.82) is 5.26 Å². The zero-order chi connectivity index (χ0) is 62.3. The van der Waals surface area contributed by atoms with Crippen molar-refractivity contribution < 1.29 is 89.0 Å². The first kappa shape index (κ1) is 63.1. The number of aryl methyl sites for hydroxylation is 1. The Morgan fingerprint density at radius 2 is 1.35 bits per heavy atom. The average Bonchev–Trinajstić information content (AvgIpc) is 1.90. The van der Waals surface area contributed by atoms with Crippen molar-refractivity contribution in [3.8, 4) is 29.2 Å². The Hall–Kier alpha value is -7.94. The first-order valence-corrected chi connectivity index (χ1v) is 33.1. The number of hydrogen-bond acceptors (Lipinski definition) is 26. The number of thiazole rings is 1. The monoisotopic (exact) mass is 1310 g/mol. The second-order valence-electron chi connectivity index (χ2n) is 17.9. The molecule has 1 amide bonds. The van der Waals surface area contributed by atoms with Crippen LogP contribution in [-0.2, 0) is 55.4 Å². The van der Waals surface area contributed by atoms with E-state index >= 15 is 0 Å². The van der Waals surface area contributed by atoms with Crippen LogP contribution in [0.25, 0.3) is 37.7 Å². The van der Waals surface area contributed by atoms with E-state index in [0.29, 0.717) is 16.9 Å². The van der Waals surface area contributed by atoms with Gasteiger partial charge < -0.3 is 24.6 Å². The fourth-order valence-electron chi connectivity index (χ4n) is 8.23. The van der Waals surface area contributed by atoms with Crippen LogP contribution in [0.3, 0.4) is 0 Å². The van der Waals surface area contributed by atoms with Gasteiger partial charge in [0.2, 0.25) is 16.9 Å². The fraction of sp³-hybridized carbons (Fsp3) is 0.234. The fourth-order valence-corrected chi connectivity index (χ4v) is 13.2. The molecule has 85 heavy (non-hydrogen) atoms. The highest BCUT2D eigenvalue weighted by Crippen LogP contribution is 2.46. The van der Waals surface area contributed by atoms with Crippen LogP contribution in [0.4, 0.5) is 39.3 Å². The summed E-state index contributed by atoms with van der Waals surface area (Å²) in [6, 6.07) is 12.6. The number of pyridine rings is 1. The van der Waals surface area contributed by atoms with E-state index in [-0.39, 0.29) is 135 Å². The van der Waals surface area contributed by atoms with Crippen LogP contribution in [0, 0.1) is 25.2 Å². The van der Waals surface area contributed by atoms with Crippen molar-refractivity contribution in [2.75, 3.05) is 43.4 Å². The maximum Gasteiger partial charge on any atom is 0.296 e. The molecule has 0 aliphatic carbocycles. The molecule has 0 fully saturated rings. The minimum absolute atomic E-state index is 0.000582. The van der Waals surface area contributed by atoms with Gasteiger partial charge in [-0.05, 0) is 68.3 Å². The van der Waals surface area contributed by atoms with Crippen molar-refractivity contribution in [2.45, 2.75) is 53.2 Å². The number of thioether (sulfide) groups is 1. The number of aromatic nitrogens is 3. The second-order valence-corrected chi connectivity index (χ2v) is 27.4. The molecular weight excluding hydrogens is 1260 g/mol. The topological polar surface area (TPSA) is 477 Å². The number of rotatable bonds is 22. The summed E-state index contributed by atoms with van der Waals surface area (Å²) in [5.74, 6) is -3.05. The summed E-state index contributed by atoms with van der Waals surface area (Å²) in [6.45, 7) is 3.76. The van der Waals surface area contributed by atoms with Gasteiger partial charge in [-0.2, -0.15) is 52.5 Å². The minimum atomic E-state index is -5.03. The summed E-state index contributed by atoms with van der Waals surface area (Å²) in [5, 5.41) is 50.2. The molecule has 8 aromatic rings. The van der Waals surface area contributed by atoms with Gasteiger partial charge in [-0.15, -0.1) is 37.3 Å². The second kappa shape index (κ2) is 24.2. The van der Waals surface area contributed by atoms with Crippen molar-refractivity contribution in [3.05, 3.63) is 71.3 Å². The van der Waals surface area contributed by atoms with Crippen LogP contribution in [0.1, 0.15) is 36.5 Å². The molecule has 3 heterocycles. The Labute approximate surface area is 489 Å². The maximum atomic E-state index is 12.7. The van der Waals surface area contributed by atoms with E-state index in [9.17, 15) is 80.0 Å². The van der Waals surface area contributed by atoms with Gasteiger partial charge in [0, 0.05) is 52.4 Å². The number of fused-ring (bicyclic) bond motifs is 6.